The molecule has 0 amide bonds. The summed E-state index contributed by atoms with van der Waals surface area (Å²) in [5.41, 5.74) is 1.17. The number of halogens is 4. The first kappa shape index (κ1) is 19.0. The Morgan fingerprint density at radius 3 is 2.48 bits per heavy atom. The van der Waals surface area contributed by atoms with Crippen LogP contribution in [0.4, 0.5) is 4.39 Å². The fourth-order valence-corrected chi connectivity index (χ4v) is 3.07. The first-order valence-electron chi connectivity index (χ1n) is 7.14. The zero-order valence-corrected chi connectivity index (χ0v) is 14.2. The normalized spacial score (nSPS) is 20.3. The van der Waals surface area contributed by atoms with Crippen molar-refractivity contribution < 1.29 is 4.39 Å². The summed E-state index contributed by atoms with van der Waals surface area (Å²) >= 11 is 5.94. The number of benzene rings is 1. The topological polar surface area (TPSA) is 15.3 Å². The van der Waals surface area contributed by atoms with Gasteiger partial charge in [0.1, 0.15) is 5.82 Å². The molecule has 1 aromatic rings. The van der Waals surface area contributed by atoms with Gasteiger partial charge >= 0.3 is 0 Å². The maximum absolute atomic E-state index is 13.3. The molecule has 1 aliphatic carbocycles. The highest BCUT2D eigenvalue weighted by atomic mass is 35.5. The average molecular weight is 356 g/mol. The summed E-state index contributed by atoms with van der Waals surface area (Å²) in [5.74, 6) is 0.527. The maximum Gasteiger partial charge on any atom is 0.141 e. The molecule has 2 aliphatic rings. The number of hydrogen-bond acceptors (Lipinski definition) is 2. The Morgan fingerprint density at radius 2 is 1.90 bits per heavy atom. The van der Waals surface area contributed by atoms with Gasteiger partial charge in [-0.05, 0) is 30.0 Å². The van der Waals surface area contributed by atoms with E-state index in [2.05, 4.69) is 10.2 Å². The van der Waals surface area contributed by atoms with Gasteiger partial charge in [-0.15, -0.1) is 24.8 Å². The van der Waals surface area contributed by atoms with E-state index >= 15 is 0 Å². The van der Waals surface area contributed by atoms with Crippen molar-refractivity contribution in [1.29, 1.82) is 0 Å². The molecule has 1 heterocycles. The molecule has 3 rings (SSSR count). The van der Waals surface area contributed by atoms with Gasteiger partial charge in [-0.1, -0.05) is 30.5 Å². The molecule has 0 unspecified atom stereocenters. The summed E-state index contributed by atoms with van der Waals surface area (Å²) in [5, 5.41) is 3.63. The summed E-state index contributed by atoms with van der Waals surface area (Å²) < 4.78 is 13.3. The number of nitrogens with zero attached hydrogens (tertiary/aromatic N) is 1. The largest absolute Gasteiger partial charge is 0.314 e. The lowest BCUT2D eigenvalue weighted by molar-refractivity contribution is 0.160. The first-order valence-corrected chi connectivity index (χ1v) is 7.51. The maximum atomic E-state index is 13.3. The van der Waals surface area contributed by atoms with Crippen molar-refractivity contribution in [3.63, 3.8) is 0 Å². The van der Waals surface area contributed by atoms with Crippen LogP contribution in [0.3, 0.4) is 0 Å². The lowest BCUT2D eigenvalue weighted by Crippen LogP contribution is -2.45. The van der Waals surface area contributed by atoms with Crippen LogP contribution in [0.2, 0.25) is 5.02 Å². The molecule has 1 saturated heterocycles. The molecule has 0 bridgehead atoms. The van der Waals surface area contributed by atoms with Crippen LogP contribution in [0.1, 0.15) is 30.9 Å². The van der Waals surface area contributed by atoms with Crippen LogP contribution in [0.15, 0.2) is 18.2 Å². The van der Waals surface area contributed by atoms with Gasteiger partial charge in [0.15, 0.2) is 0 Å². The van der Waals surface area contributed by atoms with E-state index in [9.17, 15) is 4.39 Å². The molecular weight excluding hydrogens is 334 g/mol. The second-order valence-electron chi connectivity index (χ2n) is 5.65. The molecule has 0 radical (unpaired) electrons. The van der Waals surface area contributed by atoms with Gasteiger partial charge < -0.3 is 5.32 Å². The molecule has 1 saturated carbocycles. The van der Waals surface area contributed by atoms with E-state index in [4.69, 9.17) is 11.6 Å². The van der Waals surface area contributed by atoms with Gasteiger partial charge in [0.25, 0.3) is 0 Å². The Balaban J connectivity index is 0.00000110. The molecular formula is C15H22Cl3FN2. The molecule has 2 fully saturated rings. The lowest BCUT2D eigenvalue weighted by atomic mass is 9.98. The van der Waals surface area contributed by atoms with Crippen molar-refractivity contribution >= 4 is 36.4 Å². The van der Waals surface area contributed by atoms with E-state index in [-0.39, 0.29) is 35.7 Å². The third kappa shape index (κ3) is 4.97. The van der Waals surface area contributed by atoms with Crippen molar-refractivity contribution in [3.05, 3.63) is 34.6 Å². The van der Waals surface area contributed by atoms with Crippen LogP contribution >= 0.6 is 36.4 Å². The predicted molar refractivity (Wildman–Crippen MR) is 90.4 cm³/mol. The van der Waals surface area contributed by atoms with E-state index in [1.165, 1.54) is 30.9 Å². The average Bonchev–Trinajstić information content (AvgIpc) is 3.24. The van der Waals surface area contributed by atoms with E-state index in [0.29, 0.717) is 6.04 Å². The minimum atomic E-state index is -0.323. The highest BCUT2D eigenvalue weighted by Gasteiger charge is 2.30. The zero-order valence-electron chi connectivity index (χ0n) is 11.9. The van der Waals surface area contributed by atoms with Crippen LogP contribution in [-0.4, -0.2) is 31.1 Å². The summed E-state index contributed by atoms with van der Waals surface area (Å²) in [6, 6.07) is 5.61. The van der Waals surface area contributed by atoms with Crippen molar-refractivity contribution in [2.75, 3.05) is 26.2 Å². The van der Waals surface area contributed by atoms with Crippen LogP contribution < -0.4 is 5.32 Å². The molecule has 1 aromatic carbocycles. The molecule has 2 nitrogen and oxygen atoms in total. The van der Waals surface area contributed by atoms with Gasteiger partial charge in [-0.2, -0.15) is 0 Å². The predicted octanol–water partition coefficient (Wildman–Crippen LogP) is 4.07. The first-order chi connectivity index (χ1) is 9.24. The van der Waals surface area contributed by atoms with Crippen LogP contribution in [0, 0.1) is 11.7 Å². The van der Waals surface area contributed by atoms with Crippen molar-refractivity contribution in [2.45, 2.75) is 25.3 Å². The number of nitrogens with one attached hydrogen (secondary N) is 1. The number of hydrogen-bond donors (Lipinski definition) is 1. The summed E-state index contributed by atoms with van der Waals surface area (Å²) in [6.45, 7) is 4.20. The third-order valence-electron chi connectivity index (χ3n) is 4.17. The Kier molecular flexibility index (Phi) is 7.72. The number of piperazine rings is 1. The molecule has 0 spiro atoms. The molecule has 21 heavy (non-hydrogen) atoms. The monoisotopic (exact) mass is 354 g/mol. The quantitative estimate of drug-likeness (QED) is 0.876. The van der Waals surface area contributed by atoms with E-state index < -0.39 is 0 Å². The van der Waals surface area contributed by atoms with Gasteiger partial charge in [0.05, 0.1) is 5.02 Å². The Hall–Kier alpha value is -0.0600. The Labute approximate surface area is 143 Å². The molecule has 1 N–H and O–H groups in total. The second kappa shape index (κ2) is 8.54. The second-order valence-corrected chi connectivity index (χ2v) is 6.06. The van der Waals surface area contributed by atoms with E-state index in [1.54, 1.807) is 0 Å². The Morgan fingerprint density at radius 1 is 1.24 bits per heavy atom. The Bertz CT molecular complexity index is 449. The van der Waals surface area contributed by atoms with Crippen LogP contribution in [0.25, 0.3) is 0 Å². The minimum absolute atomic E-state index is 0. The molecule has 6 heteroatoms. The van der Waals surface area contributed by atoms with Crippen molar-refractivity contribution in [1.82, 2.24) is 10.2 Å². The summed E-state index contributed by atoms with van der Waals surface area (Å²) in [4.78, 5) is 2.51. The van der Waals surface area contributed by atoms with Gasteiger partial charge in [0, 0.05) is 32.2 Å². The third-order valence-corrected chi connectivity index (χ3v) is 4.46. The highest BCUT2D eigenvalue weighted by molar-refractivity contribution is 6.30. The van der Waals surface area contributed by atoms with E-state index in [0.717, 1.165) is 32.1 Å². The SMILES string of the molecule is Cl.Cl.Fc1ccc([C@H](CC2CC2)N2CCNCC2)cc1Cl. The van der Waals surface area contributed by atoms with Gasteiger partial charge in [0.2, 0.25) is 0 Å². The van der Waals surface area contributed by atoms with Gasteiger partial charge in [-0.25, -0.2) is 4.39 Å². The molecule has 0 aromatic heterocycles. The van der Waals surface area contributed by atoms with Crippen molar-refractivity contribution in [2.24, 2.45) is 5.92 Å². The highest BCUT2D eigenvalue weighted by Crippen LogP contribution is 2.40. The fourth-order valence-electron chi connectivity index (χ4n) is 2.88. The zero-order chi connectivity index (χ0) is 13.2. The number of rotatable bonds is 4. The van der Waals surface area contributed by atoms with Crippen molar-refractivity contribution in [3.8, 4) is 0 Å². The molecule has 1 aliphatic heterocycles. The van der Waals surface area contributed by atoms with Crippen LogP contribution in [-0.2, 0) is 0 Å². The lowest BCUT2D eigenvalue weighted by Gasteiger charge is -2.35. The van der Waals surface area contributed by atoms with E-state index in [1.807, 2.05) is 12.1 Å². The summed E-state index contributed by atoms with van der Waals surface area (Å²) in [7, 11) is 0. The molecule has 120 valence electrons. The van der Waals surface area contributed by atoms with Crippen LogP contribution in [0.5, 0.6) is 0 Å². The fraction of sp³-hybridized carbons (Fsp3) is 0.600. The molecule has 1 atom stereocenters. The summed E-state index contributed by atoms with van der Waals surface area (Å²) in [6.07, 6.45) is 3.87. The standard InChI is InChI=1S/C15H20ClFN2.2ClH/c16-13-10-12(3-4-14(13)17)15(9-11-1-2-11)19-7-5-18-6-8-19;;/h3-4,10-11,15,18H,1-2,5-9H2;2*1H/t15-;;/m0../s1. The minimum Gasteiger partial charge on any atom is -0.314 e. The van der Waals surface area contributed by atoms with Gasteiger partial charge in [-0.3, -0.25) is 4.90 Å². The smallest absolute Gasteiger partial charge is 0.141 e.